The molecule has 8 nitrogen and oxygen atoms in total. The van der Waals surface area contributed by atoms with Crippen LogP contribution in [0.15, 0.2) is 53.5 Å². The standard InChI is InChI=1S/C31H37FN6O2S/c1-8-26-22(18(2)3)15-27(41-26)30(39)36-28-23(32)13-14-24(34-28)25-17-38(7)31(40)29(35-25)33-21-11-9-20(10-12-21)16-37(6)19(4)5/h9-15,17-19H,8,16H2,1-7H3,(H,33,35)(H,34,36,39). The van der Waals surface area contributed by atoms with Gasteiger partial charge in [-0.3, -0.25) is 14.5 Å². The monoisotopic (exact) mass is 576 g/mol. The first-order chi connectivity index (χ1) is 19.5. The molecule has 0 bridgehead atoms. The van der Waals surface area contributed by atoms with Crippen molar-refractivity contribution in [3.63, 3.8) is 0 Å². The molecule has 0 fully saturated rings. The summed E-state index contributed by atoms with van der Waals surface area (Å²) in [7, 11) is 3.69. The summed E-state index contributed by atoms with van der Waals surface area (Å²) in [5, 5.41) is 5.72. The number of amides is 1. The van der Waals surface area contributed by atoms with Crippen molar-refractivity contribution in [1.29, 1.82) is 0 Å². The van der Waals surface area contributed by atoms with Gasteiger partial charge in [0.15, 0.2) is 17.5 Å². The van der Waals surface area contributed by atoms with Crippen molar-refractivity contribution in [2.75, 3.05) is 17.7 Å². The van der Waals surface area contributed by atoms with E-state index in [9.17, 15) is 14.0 Å². The fourth-order valence-corrected chi connectivity index (χ4v) is 5.43. The van der Waals surface area contributed by atoms with E-state index in [2.05, 4.69) is 67.2 Å². The fourth-order valence-electron chi connectivity index (χ4n) is 4.27. The molecule has 216 valence electrons. The molecule has 10 heteroatoms. The Morgan fingerprint density at radius 1 is 1.05 bits per heavy atom. The first-order valence-electron chi connectivity index (χ1n) is 13.7. The van der Waals surface area contributed by atoms with E-state index in [0.29, 0.717) is 28.0 Å². The van der Waals surface area contributed by atoms with Gasteiger partial charge in [-0.15, -0.1) is 11.3 Å². The normalized spacial score (nSPS) is 11.5. The molecule has 41 heavy (non-hydrogen) atoms. The summed E-state index contributed by atoms with van der Waals surface area (Å²) in [6, 6.07) is 12.8. The minimum Gasteiger partial charge on any atom is -0.336 e. The molecule has 0 aliphatic rings. The van der Waals surface area contributed by atoms with Gasteiger partial charge in [0.25, 0.3) is 11.5 Å². The number of hydrogen-bond acceptors (Lipinski definition) is 7. The van der Waals surface area contributed by atoms with Crippen molar-refractivity contribution in [3.8, 4) is 11.4 Å². The maximum absolute atomic E-state index is 14.7. The van der Waals surface area contributed by atoms with E-state index < -0.39 is 11.7 Å². The molecule has 1 amide bonds. The topological polar surface area (TPSA) is 92.1 Å². The number of hydrogen-bond donors (Lipinski definition) is 2. The van der Waals surface area contributed by atoms with E-state index >= 15 is 0 Å². The third-order valence-corrected chi connectivity index (χ3v) is 8.24. The van der Waals surface area contributed by atoms with Gasteiger partial charge in [0.1, 0.15) is 5.69 Å². The van der Waals surface area contributed by atoms with E-state index in [-0.39, 0.29) is 23.1 Å². The number of pyridine rings is 1. The molecule has 4 aromatic rings. The number of nitrogens with one attached hydrogen (secondary N) is 2. The first kappa shape index (κ1) is 30.1. The average Bonchev–Trinajstić information content (AvgIpc) is 3.38. The number of aryl methyl sites for hydroxylation is 2. The van der Waals surface area contributed by atoms with Crippen molar-refractivity contribution >= 4 is 34.6 Å². The van der Waals surface area contributed by atoms with Gasteiger partial charge >= 0.3 is 0 Å². The molecule has 3 aromatic heterocycles. The van der Waals surface area contributed by atoms with Gasteiger partial charge in [-0.1, -0.05) is 32.9 Å². The molecule has 0 atom stereocenters. The number of benzene rings is 1. The van der Waals surface area contributed by atoms with Gasteiger partial charge < -0.3 is 15.2 Å². The number of thiophene rings is 1. The summed E-state index contributed by atoms with van der Waals surface area (Å²) in [6.45, 7) is 11.3. The number of halogens is 1. The lowest BCUT2D eigenvalue weighted by Crippen LogP contribution is -2.25. The highest BCUT2D eigenvalue weighted by molar-refractivity contribution is 7.14. The maximum atomic E-state index is 14.7. The Morgan fingerprint density at radius 3 is 2.34 bits per heavy atom. The summed E-state index contributed by atoms with van der Waals surface area (Å²) in [5.74, 6) is -0.884. The Balaban J connectivity index is 1.58. The predicted octanol–water partition coefficient (Wildman–Crippen LogP) is 6.56. The summed E-state index contributed by atoms with van der Waals surface area (Å²) >= 11 is 1.41. The zero-order valence-electron chi connectivity index (χ0n) is 24.6. The van der Waals surface area contributed by atoms with Crippen molar-refractivity contribution in [3.05, 3.63) is 85.7 Å². The zero-order chi connectivity index (χ0) is 29.8. The largest absolute Gasteiger partial charge is 0.336 e. The third-order valence-electron chi connectivity index (χ3n) is 6.95. The predicted molar refractivity (Wildman–Crippen MR) is 165 cm³/mol. The van der Waals surface area contributed by atoms with Crippen molar-refractivity contribution in [1.82, 2.24) is 19.4 Å². The molecule has 0 radical (unpaired) electrons. The van der Waals surface area contributed by atoms with Crippen LogP contribution in [0.3, 0.4) is 0 Å². The van der Waals surface area contributed by atoms with Gasteiger partial charge in [-0.2, -0.15) is 0 Å². The molecular weight excluding hydrogens is 539 g/mol. The van der Waals surface area contributed by atoms with Crippen LogP contribution in [0.2, 0.25) is 0 Å². The van der Waals surface area contributed by atoms with Crippen LogP contribution in [0.25, 0.3) is 11.4 Å². The molecular formula is C31H37FN6O2S. The van der Waals surface area contributed by atoms with E-state index in [0.717, 1.165) is 29.0 Å². The van der Waals surface area contributed by atoms with Crippen molar-refractivity contribution in [2.24, 2.45) is 7.05 Å². The van der Waals surface area contributed by atoms with Crippen LogP contribution in [0.5, 0.6) is 0 Å². The minimum absolute atomic E-state index is 0.112. The van der Waals surface area contributed by atoms with Gasteiger partial charge in [0.2, 0.25) is 0 Å². The Bertz CT molecular complexity index is 1590. The van der Waals surface area contributed by atoms with Crippen LogP contribution in [0.4, 0.5) is 21.7 Å². The highest BCUT2D eigenvalue weighted by Gasteiger charge is 2.19. The minimum atomic E-state index is -0.662. The molecule has 3 heterocycles. The van der Waals surface area contributed by atoms with Crippen molar-refractivity contribution in [2.45, 2.75) is 59.5 Å². The smallest absolute Gasteiger partial charge is 0.293 e. The zero-order valence-corrected chi connectivity index (χ0v) is 25.4. The molecule has 0 spiro atoms. The first-order valence-corrected chi connectivity index (χ1v) is 14.5. The Kier molecular flexibility index (Phi) is 9.35. The SMILES string of the molecule is CCc1sc(C(=O)Nc2nc(-c3cn(C)c(=O)c(Nc4ccc(CN(C)C(C)C)cc4)n3)ccc2F)cc1C(C)C. The molecule has 1 aromatic carbocycles. The third kappa shape index (κ3) is 7.07. The molecule has 4 rings (SSSR count). The number of nitrogens with zero attached hydrogens (tertiary/aromatic N) is 4. The molecule has 0 saturated heterocycles. The highest BCUT2D eigenvalue weighted by Crippen LogP contribution is 2.30. The van der Waals surface area contributed by atoms with Crippen LogP contribution < -0.4 is 16.2 Å². The Morgan fingerprint density at radius 2 is 1.73 bits per heavy atom. The van der Waals surface area contributed by atoms with Crippen molar-refractivity contribution < 1.29 is 9.18 Å². The summed E-state index contributed by atoms with van der Waals surface area (Å²) < 4.78 is 16.1. The number of rotatable bonds is 10. The van der Waals surface area contributed by atoms with Crippen LogP contribution in [0.1, 0.15) is 66.2 Å². The molecule has 2 N–H and O–H groups in total. The average molecular weight is 577 g/mol. The van der Waals surface area contributed by atoms with Crippen LogP contribution in [0, 0.1) is 5.82 Å². The summed E-state index contributed by atoms with van der Waals surface area (Å²) in [5.41, 5.74) is 3.34. The quantitative estimate of drug-likeness (QED) is 0.222. The molecule has 0 aliphatic carbocycles. The number of carbonyl (C=O) groups excluding carboxylic acids is 1. The van der Waals surface area contributed by atoms with Crippen LogP contribution in [-0.2, 0) is 20.0 Å². The van der Waals surface area contributed by atoms with Gasteiger partial charge in [-0.25, -0.2) is 14.4 Å². The highest BCUT2D eigenvalue weighted by atomic mass is 32.1. The number of anilines is 3. The molecule has 0 saturated carbocycles. The second-order valence-corrected chi connectivity index (χ2v) is 11.8. The maximum Gasteiger partial charge on any atom is 0.293 e. The lowest BCUT2D eigenvalue weighted by atomic mass is 10.0. The molecule has 0 unspecified atom stereocenters. The van der Waals surface area contributed by atoms with Gasteiger partial charge in [-0.05, 0) is 74.7 Å². The van der Waals surface area contributed by atoms with E-state index in [1.807, 2.05) is 30.3 Å². The van der Waals surface area contributed by atoms with E-state index in [1.165, 1.54) is 34.2 Å². The Labute approximate surface area is 244 Å². The second-order valence-electron chi connectivity index (χ2n) is 10.7. The van der Waals surface area contributed by atoms with Gasteiger partial charge in [0.05, 0.1) is 10.6 Å². The summed E-state index contributed by atoms with van der Waals surface area (Å²) in [6.07, 6.45) is 2.36. The molecule has 0 aliphatic heterocycles. The van der Waals surface area contributed by atoms with Crippen LogP contribution in [-0.4, -0.2) is 38.4 Å². The fraction of sp³-hybridized carbons (Fsp3) is 0.355. The van der Waals surface area contributed by atoms with E-state index in [4.69, 9.17) is 0 Å². The number of aromatic nitrogens is 3. The Hall–Kier alpha value is -3.89. The second kappa shape index (κ2) is 12.7. The van der Waals surface area contributed by atoms with Crippen LogP contribution >= 0.6 is 11.3 Å². The van der Waals surface area contributed by atoms with Gasteiger partial charge in [0, 0.05) is 36.4 Å². The number of carbonyl (C=O) groups is 1. The van der Waals surface area contributed by atoms with E-state index in [1.54, 1.807) is 7.05 Å². The summed E-state index contributed by atoms with van der Waals surface area (Å²) in [4.78, 5) is 38.6. The lowest BCUT2D eigenvalue weighted by molar-refractivity contribution is 0.102. The lowest BCUT2D eigenvalue weighted by Gasteiger charge is -2.21.